The second-order valence-corrected chi connectivity index (χ2v) is 5.93. The summed E-state index contributed by atoms with van der Waals surface area (Å²) < 4.78 is 5.19. The topological polar surface area (TPSA) is 87.0 Å². The molecule has 0 aromatic heterocycles. The van der Waals surface area contributed by atoms with Crippen LogP contribution < -0.4 is 0 Å². The predicted molar refractivity (Wildman–Crippen MR) is 83.2 cm³/mol. The highest BCUT2D eigenvalue weighted by Gasteiger charge is 2.36. The number of phenolic OH excluding ortho intramolecular Hbond substituents is 3. The fraction of sp³-hybridized carbons (Fsp3) is 0.278. The van der Waals surface area contributed by atoms with Crippen LogP contribution >= 0.6 is 0 Å². The Morgan fingerprint density at radius 3 is 2.30 bits per heavy atom. The SMILES string of the molecule is O=C1OC[C@H](Cc2cccc(O)c2)[C@H]1Cc1cc(O)cc(O)c1. The van der Waals surface area contributed by atoms with Crippen molar-refractivity contribution in [2.45, 2.75) is 12.8 Å². The summed E-state index contributed by atoms with van der Waals surface area (Å²) in [5.41, 5.74) is 1.63. The number of hydrogen-bond acceptors (Lipinski definition) is 5. The van der Waals surface area contributed by atoms with Gasteiger partial charge in [0.1, 0.15) is 17.2 Å². The van der Waals surface area contributed by atoms with E-state index in [1.807, 2.05) is 6.07 Å². The van der Waals surface area contributed by atoms with Crippen molar-refractivity contribution >= 4 is 5.97 Å². The smallest absolute Gasteiger partial charge is 0.309 e. The van der Waals surface area contributed by atoms with E-state index in [0.29, 0.717) is 25.0 Å². The van der Waals surface area contributed by atoms with Gasteiger partial charge in [-0.05, 0) is 48.2 Å². The number of benzene rings is 2. The van der Waals surface area contributed by atoms with Gasteiger partial charge in [-0.1, -0.05) is 12.1 Å². The van der Waals surface area contributed by atoms with Crippen LogP contribution in [-0.4, -0.2) is 27.9 Å². The summed E-state index contributed by atoms with van der Waals surface area (Å²) >= 11 is 0. The Hall–Kier alpha value is -2.69. The molecule has 1 aliphatic heterocycles. The van der Waals surface area contributed by atoms with E-state index < -0.39 is 0 Å². The quantitative estimate of drug-likeness (QED) is 0.754. The lowest BCUT2D eigenvalue weighted by molar-refractivity contribution is -0.141. The Labute approximate surface area is 133 Å². The average molecular weight is 314 g/mol. The maximum Gasteiger partial charge on any atom is 0.309 e. The lowest BCUT2D eigenvalue weighted by Crippen LogP contribution is -2.20. The number of esters is 1. The predicted octanol–water partition coefficient (Wildman–Crippen LogP) is 2.38. The molecule has 1 saturated heterocycles. The first-order chi connectivity index (χ1) is 11.0. The van der Waals surface area contributed by atoms with Crippen LogP contribution in [0.5, 0.6) is 17.2 Å². The van der Waals surface area contributed by atoms with Gasteiger partial charge in [-0.15, -0.1) is 0 Å². The van der Waals surface area contributed by atoms with Gasteiger partial charge in [-0.3, -0.25) is 4.79 Å². The fourth-order valence-electron chi connectivity index (χ4n) is 3.07. The van der Waals surface area contributed by atoms with Gasteiger partial charge < -0.3 is 20.1 Å². The summed E-state index contributed by atoms with van der Waals surface area (Å²) in [6.07, 6.45) is 1.01. The first-order valence-electron chi connectivity index (χ1n) is 7.48. The summed E-state index contributed by atoms with van der Waals surface area (Å²) in [6, 6.07) is 11.3. The molecule has 5 nitrogen and oxygen atoms in total. The summed E-state index contributed by atoms with van der Waals surface area (Å²) in [5.74, 6) is -0.473. The van der Waals surface area contributed by atoms with Crippen LogP contribution in [0.25, 0.3) is 0 Å². The van der Waals surface area contributed by atoms with Gasteiger partial charge in [0.25, 0.3) is 0 Å². The molecule has 0 radical (unpaired) electrons. The molecule has 2 aromatic carbocycles. The van der Waals surface area contributed by atoms with Crippen LogP contribution in [0.2, 0.25) is 0 Å². The van der Waals surface area contributed by atoms with Crippen molar-refractivity contribution < 1.29 is 24.9 Å². The molecule has 1 aliphatic rings. The normalized spacial score (nSPS) is 20.4. The second-order valence-electron chi connectivity index (χ2n) is 5.93. The van der Waals surface area contributed by atoms with Crippen LogP contribution in [-0.2, 0) is 22.4 Å². The molecule has 1 heterocycles. The van der Waals surface area contributed by atoms with E-state index in [-0.39, 0.29) is 35.1 Å². The molecule has 3 rings (SSSR count). The van der Waals surface area contributed by atoms with Gasteiger partial charge >= 0.3 is 5.97 Å². The van der Waals surface area contributed by atoms with Gasteiger partial charge in [0.05, 0.1) is 12.5 Å². The molecule has 3 N–H and O–H groups in total. The van der Waals surface area contributed by atoms with E-state index in [2.05, 4.69) is 0 Å². The zero-order valence-corrected chi connectivity index (χ0v) is 12.5. The van der Waals surface area contributed by atoms with Crippen LogP contribution in [0.15, 0.2) is 42.5 Å². The third kappa shape index (κ3) is 3.56. The standard InChI is InChI=1S/C18H18O5/c19-14-3-1-2-11(5-14)4-13-10-23-18(22)17(13)8-12-6-15(20)9-16(21)7-12/h1-3,5-7,9,13,17,19-21H,4,8,10H2/t13-,17+/m0/s1. The Kier molecular flexibility index (Phi) is 4.10. The van der Waals surface area contributed by atoms with E-state index in [4.69, 9.17) is 4.74 Å². The van der Waals surface area contributed by atoms with Crippen LogP contribution in [0.3, 0.4) is 0 Å². The molecule has 2 atom stereocenters. The minimum Gasteiger partial charge on any atom is -0.508 e. The maximum atomic E-state index is 12.0. The lowest BCUT2D eigenvalue weighted by Gasteiger charge is -2.16. The zero-order chi connectivity index (χ0) is 16.4. The first-order valence-corrected chi connectivity index (χ1v) is 7.48. The van der Waals surface area contributed by atoms with E-state index in [1.165, 1.54) is 18.2 Å². The summed E-state index contributed by atoms with van der Waals surface area (Å²) in [4.78, 5) is 12.0. The molecule has 1 fully saturated rings. The average Bonchev–Trinajstić information content (AvgIpc) is 2.79. The number of rotatable bonds is 4. The highest BCUT2D eigenvalue weighted by atomic mass is 16.5. The molecule has 0 unspecified atom stereocenters. The van der Waals surface area contributed by atoms with Crippen molar-refractivity contribution in [3.63, 3.8) is 0 Å². The molecule has 0 aliphatic carbocycles. The second kappa shape index (κ2) is 6.20. The van der Waals surface area contributed by atoms with Crippen molar-refractivity contribution in [1.29, 1.82) is 0 Å². The van der Waals surface area contributed by atoms with Crippen LogP contribution in [0, 0.1) is 11.8 Å². The number of phenols is 3. The third-order valence-electron chi connectivity index (χ3n) is 4.14. The Balaban J connectivity index is 1.77. The van der Waals surface area contributed by atoms with Crippen molar-refractivity contribution in [2.24, 2.45) is 11.8 Å². The van der Waals surface area contributed by atoms with Gasteiger partial charge in [0, 0.05) is 12.0 Å². The Morgan fingerprint density at radius 1 is 0.913 bits per heavy atom. The van der Waals surface area contributed by atoms with Gasteiger partial charge in [-0.25, -0.2) is 0 Å². The fourth-order valence-corrected chi connectivity index (χ4v) is 3.07. The highest BCUT2D eigenvalue weighted by molar-refractivity contribution is 5.75. The Morgan fingerprint density at radius 2 is 1.61 bits per heavy atom. The number of ether oxygens (including phenoxy) is 1. The zero-order valence-electron chi connectivity index (χ0n) is 12.5. The molecule has 0 amide bonds. The van der Waals surface area contributed by atoms with Crippen LogP contribution in [0.4, 0.5) is 0 Å². The van der Waals surface area contributed by atoms with Crippen molar-refractivity contribution in [1.82, 2.24) is 0 Å². The van der Waals surface area contributed by atoms with Crippen molar-refractivity contribution in [2.75, 3.05) is 6.61 Å². The minimum atomic E-state index is -0.335. The van der Waals surface area contributed by atoms with Crippen molar-refractivity contribution in [3.05, 3.63) is 53.6 Å². The number of carbonyl (C=O) groups is 1. The molecule has 0 spiro atoms. The molecule has 2 aromatic rings. The van der Waals surface area contributed by atoms with Gasteiger partial charge in [0.15, 0.2) is 0 Å². The minimum absolute atomic E-state index is 0.00575. The maximum absolute atomic E-state index is 12.0. The number of aromatic hydroxyl groups is 3. The number of hydrogen-bond donors (Lipinski definition) is 3. The molecular formula is C18H18O5. The molecule has 0 bridgehead atoms. The monoisotopic (exact) mass is 314 g/mol. The third-order valence-corrected chi connectivity index (χ3v) is 4.14. The van der Waals surface area contributed by atoms with E-state index in [1.54, 1.807) is 18.2 Å². The summed E-state index contributed by atoms with van der Waals surface area (Å²) in [7, 11) is 0. The first kappa shape index (κ1) is 15.2. The molecule has 0 saturated carbocycles. The molecule has 5 heteroatoms. The number of carbonyl (C=O) groups excluding carboxylic acids is 1. The van der Waals surface area contributed by atoms with E-state index >= 15 is 0 Å². The molecule has 23 heavy (non-hydrogen) atoms. The van der Waals surface area contributed by atoms with Crippen molar-refractivity contribution in [3.8, 4) is 17.2 Å². The Bertz CT molecular complexity index is 705. The van der Waals surface area contributed by atoms with E-state index in [9.17, 15) is 20.1 Å². The molecule has 120 valence electrons. The van der Waals surface area contributed by atoms with Crippen LogP contribution in [0.1, 0.15) is 11.1 Å². The van der Waals surface area contributed by atoms with Gasteiger partial charge in [0.2, 0.25) is 0 Å². The largest absolute Gasteiger partial charge is 0.508 e. The van der Waals surface area contributed by atoms with Gasteiger partial charge in [-0.2, -0.15) is 0 Å². The molecular weight excluding hydrogens is 296 g/mol. The van der Waals surface area contributed by atoms with E-state index in [0.717, 1.165) is 5.56 Å². The highest BCUT2D eigenvalue weighted by Crippen LogP contribution is 2.31. The summed E-state index contributed by atoms with van der Waals surface area (Å²) in [6.45, 7) is 0.337. The number of cyclic esters (lactones) is 1. The lowest BCUT2D eigenvalue weighted by atomic mass is 9.85. The summed E-state index contributed by atoms with van der Waals surface area (Å²) in [5, 5.41) is 28.7.